The maximum absolute atomic E-state index is 13.3. The van der Waals surface area contributed by atoms with Gasteiger partial charge in [0.1, 0.15) is 0 Å². The van der Waals surface area contributed by atoms with Gasteiger partial charge in [0.2, 0.25) is 0 Å². The van der Waals surface area contributed by atoms with Crippen LogP contribution < -0.4 is 5.76 Å². The lowest BCUT2D eigenvalue weighted by Crippen LogP contribution is -2.16. The van der Waals surface area contributed by atoms with E-state index in [9.17, 15) is 22.8 Å². The van der Waals surface area contributed by atoms with Crippen LogP contribution in [0.4, 0.5) is 13.2 Å². The Bertz CT molecular complexity index is 1070. The predicted molar refractivity (Wildman–Crippen MR) is 93.3 cm³/mol. The van der Waals surface area contributed by atoms with E-state index in [2.05, 4.69) is 15.9 Å². The van der Waals surface area contributed by atoms with Gasteiger partial charge in [0.25, 0.3) is 0 Å². The topological polar surface area (TPSA) is 52.2 Å². The van der Waals surface area contributed by atoms with Crippen molar-refractivity contribution in [1.29, 1.82) is 0 Å². The van der Waals surface area contributed by atoms with Crippen LogP contribution in [0.2, 0.25) is 0 Å². The Morgan fingerprint density at radius 3 is 2.54 bits per heavy atom. The minimum absolute atomic E-state index is 0.105. The van der Waals surface area contributed by atoms with E-state index in [1.165, 1.54) is 48.9 Å². The smallest absolute Gasteiger partial charge is 0.408 e. The van der Waals surface area contributed by atoms with Crippen LogP contribution in [0.5, 0.6) is 0 Å². The lowest BCUT2D eigenvalue weighted by Gasteiger charge is -2.18. The van der Waals surface area contributed by atoms with Gasteiger partial charge in [-0.1, -0.05) is 28.9 Å². The third-order valence-corrected chi connectivity index (χ3v) is 4.75. The number of carbonyl (C=O) groups is 1. The van der Waals surface area contributed by atoms with E-state index in [0.29, 0.717) is 11.1 Å². The highest BCUT2D eigenvalue weighted by Crippen LogP contribution is 2.38. The average Bonchev–Trinajstić information content (AvgIpc) is 2.87. The number of nitrogens with zero attached hydrogens (tertiary/aromatic N) is 1. The first-order valence-electron chi connectivity index (χ1n) is 7.60. The van der Waals surface area contributed by atoms with Crippen LogP contribution in [0.15, 0.2) is 50.1 Å². The SMILES string of the molecule is CC(C(=O)c1ccc2oc(=O)n(C)c2c1)c1ccc(Br)cc1C(F)(F)F. The van der Waals surface area contributed by atoms with Gasteiger partial charge in [-0.2, -0.15) is 13.2 Å². The minimum Gasteiger partial charge on any atom is -0.408 e. The third-order valence-electron chi connectivity index (χ3n) is 4.26. The molecular weight excluding hydrogens is 415 g/mol. The van der Waals surface area contributed by atoms with Gasteiger partial charge < -0.3 is 4.42 Å². The average molecular weight is 428 g/mol. The largest absolute Gasteiger partial charge is 0.419 e. The van der Waals surface area contributed by atoms with Crippen molar-refractivity contribution in [3.05, 3.63) is 68.1 Å². The molecule has 0 fully saturated rings. The fraction of sp³-hybridized carbons (Fsp3) is 0.222. The number of alkyl halides is 3. The van der Waals surface area contributed by atoms with Crippen LogP contribution in [0.1, 0.15) is 34.3 Å². The maximum Gasteiger partial charge on any atom is 0.419 e. The molecule has 1 aromatic heterocycles. The number of rotatable bonds is 3. The number of ketones is 1. The molecule has 3 aromatic rings. The van der Waals surface area contributed by atoms with Gasteiger partial charge >= 0.3 is 11.9 Å². The summed E-state index contributed by atoms with van der Waals surface area (Å²) in [7, 11) is 1.49. The summed E-state index contributed by atoms with van der Waals surface area (Å²) in [5, 5.41) is 0. The van der Waals surface area contributed by atoms with E-state index in [1.54, 1.807) is 0 Å². The molecule has 1 unspecified atom stereocenters. The molecule has 136 valence electrons. The number of fused-ring (bicyclic) bond motifs is 1. The lowest BCUT2D eigenvalue weighted by molar-refractivity contribution is -0.138. The summed E-state index contributed by atoms with van der Waals surface area (Å²) in [5.74, 6) is -2.07. The lowest BCUT2D eigenvalue weighted by atomic mass is 9.89. The van der Waals surface area contributed by atoms with Crippen molar-refractivity contribution in [2.24, 2.45) is 7.05 Å². The zero-order valence-electron chi connectivity index (χ0n) is 13.7. The van der Waals surface area contributed by atoms with E-state index in [1.807, 2.05) is 0 Å². The first-order chi connectivity index (χ1) is 12.1. The maximum atomic E-state index is 13.3. The number of carbonyl (C=O) groups excluding carboxylic acids is 1. The summed E-state index contributed by atoms with van der Waals surface area (Å²) < 4.78 is 46.5. The number of hydrogen-bond donors (Lipinski definition) is 0. The highest BCUT2D eigenvalue weighted by molar-refractivity contribution is 9.10. The fourth-order valence-electron chi connectivity index (χ4n) is 2.82. The van der Waals surface area contributed by atoms with Crippen molar-refractivity contribution >= 4 is 32.8 Å². The number of benzene rings is 2. The van der Waals surface area contributed by atoms with Gasteiger partial charge in [-0.25, -0.2) is 4.79 Å². The molecular formula is C18H13BrF3NO3. The van der Waals surface area contributed by atoms with Crippen molar-refractivity contribution in [3.8, 4) is 0 Å². The van der Waals surface area contributed by atoms with Crippen molar-refractivity contribution in [1.82, 2.24) is 4.57 Å². The molecule has 1 heterocycles. The highest BCUT2D eigenvalue weighted by Gasteiger charge is 2.36. The molecule has 1 atom stereocenters. The van der Waals surface area contributed by atoms with Crippen LogP contribution in [0.25, 0.3) is 11.1 Å². The minimum atomic E-state index is -4.58. The quantitative estimate of drug-likeness (QED) is 0.558. The second-order valence-corrected chi connectivity index (χ2v) is 6.84. The zero-order valence-corrected chi connectivity index (χ0v) is 15.3. The molecule has 0 aliphatic carbocycles. The van der Waals surface area contributed by atoms with Gasteiger partial charge in [-0.3, -0.25) is 9.36 Å². The van der Waals surface area contributed by atoms with Crippen LogP contribution in [-0.4, -0.2) is 10.4 Å². The Kier molecular flexibility index (Phi) is 4.56. The van der Waals surface area contributed by atoms with Crippen molar-refractivity contribution in [2.45, 2.75) is 19.0 Å². The number of halogens is 4. The Morgan fingerprint density at radius 2 is 1.88 bits per heavy atom. The Hall–Kier alpha value is -2.35. The molecule has 26 heavy (non-hydrogen) atoms. The van der Waals surface area contributed by atoms with E-state index in [-0.39, 0.29) is 15.6 Å². The molecule has 0 amide bonds. The zero-order chi connectivity index (χ0) is 19.2. The van der Waals surface area contributed by atoms with Gasteiger partial charge in [-0.15, -0.1) is 0 Å². The van der Waals surface area contributed by atoms with Crippen molar-refractivity contribution < 1.29 is 22.4 Å². The van der Waals surface area contributed by atoms with Gasteiger partial charge in [0, 0.05) is 23.0 Å². The van der Waals surface area contributed by atoms with Crippen LogP contribution in [0, 0.1) is 0 Å². The number of Topliss-reactive ketones (excluding diaryl/α,β-unsaturated/α-hetero) is 1. The first kappa shape index (κ1) is 18.4. The van der Waals surface area contributed by atoms with E-state index >= 15 is 0 Å². The number of oxazole rings is 1. The normalized spacial score (nSPS) is 13.2. The molecule has 0 saturated carbocycles. The molecule has 0 spiro atoms. The Morgan fingerprint density at radius 1 is 1.19 bits per heavy atom. The highest BCUT2D eigenvalue weighted by atomic mass is 79.9. The van der Waals surface area contributed by atoms with E-state index in [4.69, 9.17) is 4.42 Å². The molecule has 3 rings (SSSR count). The van der Waals surface area contributed by atoms with Gasteiger partial charge in [-0.05, 0) is 35.9 Å². The molecule has 2 aromatic carbocycles. The van der Waals surface area contributed by atoms with Crippen LogP contribution >= 0.6 is 15.9 Å². The number of aryl methyl sites for hydroxylation is 1. The first-order valence-corrected chi connectivity index (χ1v) is 8.39. The molecule has 0 bridgehead atoms. The molecule has 0 aliphatic rings. The Balaban J connectivity index is 2.06. The summed E-state index contributed by atoms with van der Waals surface area (Å²) in [6, 6.07) is 8.07. The van der Waals surface area contributed by atoms with Gasteiger partial charge in [0.15, 0.2) is 11.4 Å². The van der Waals surface area contributed by atoms with E-state index in [0.717, 1.165) is 6.07 Å². The van der Waals surface area contributed by atoms with Crippen molar-refractivity contribution in [3.63, 3.8) is 0 Å². The monoisotopic (exact) mass is 427 g/mol. The summed E-state index contributed by atoms with van der Waals surface area (Å²) in [5.41, 5.74) is -0.0462. The summed E-state index contributed by atoms with van der Waals surface area (Å²) in [6.45, 7) is 1.43. The summed E-state index contributed by atoms with van der Waals surface area (Å²) in [4.78, 5) is 24.3. The molecule has 0 radical (unpaired) electrons. The van der Waals surface area contributed by atoms with Gasteiger partial charge in [0.05, 0.1) is 11.1 Å². The molecule has 0 saturated heterocycles. The standard InChI is InChI=1S/C18H13BrF3NO3/c1-9(12-5-4-11(19)8-13(12)18(20,21)22)16(24)10-3-6-15-14(7-10)23(2)17(25)26-15/h3-9H,1-2H3. The number of hydrogen-bond acceptors (Lipinski definition) is 3. The molecule has 4 nitrogen and oxygen atoms in total. The van der Waals surface area contributed by atoms with Crippen LogP contribution in [0.3, 0.4) is 0 Å². The summed E-state index contributed by atoms with van der Waals surface area (Å²) >= 11 is 3.03. The second kappa shape index (κ2) is 6.42. The molecule has 0 N–H and O–H groups in total. The van der Waals surface area contributed by atoms with Crippen LogP contribution in [-0.2, 0) is 13.2 Å². The fourth-order valence-corrected chi connectivity index (χ4v) is 3.18. The summed E-state index contributed by atoms with van der Waals surface area (Å²) in [6.07, 6.45) is -4.58. The molecule has 8 heteroatoms. The number of aromatic nitrogens is 1. The molecule has 0 aliphatic heterocycles. The van der Waals surface area contributed by atoms with Crippen molar-refractivity contribution in [2.75, 3.05) is 0 Å². The predicted octanol–water partition coefficient (Wildman–Crippen LogP) is 4.90. The third kappa shape index (κ3) is 3.21. The van der Waals surface area contributed by atoms with E-state index < -0.39 is 29.2 Å². The Labute approximate surface area is 154 Å². The second-order valence-electron chi connectivity index (χ2n) is 5.92.